The minimum atomic E-state index is -4.75. The highest BCUT2D eigenvalue weighted by Gasteiger charge is 2.38. The second-order valence-electron chi connectivity index (χ2n) is 4.16. The number of hydrogen-bond donors (Lipinski definition) is 0. The molecule has 0 aromatic carbocycles. The molecule has 11 heteroatoms. The number of halogens is 3. The first-order chi connectivity index (χ1) is 9.71. The van der Waals surface area contributed by atoms with Crippen LogP contribution in [-0.2, 0) is 33.9 Å². The Labute approximate surface area is 121 Å². The van der Waals surface area contributed by atoms with Crippen molar-refractivity contribution in [1.29, 1.82) is 0 Å². The van der Waals surface area contributed by atoms with Gasteiger partial charge in [0.2, 0.25) is 0 Å². The number of aromatic nitrogens is 3. The van der Waals surface area contributed by atoms with E-state index in [-0.39, 0.29) is 5.01 Å². The lowest BCUT2D eigenvalue weighted by Crippen LogP contribution is -2.13. The van der Waals surface area contributed by atoms with Crippen LogP contribution in [0.15, 0.2) is 10.8 Å². The van der Waals surface area contributed by atoms with Crippen LogP contribution in [0.5, 0.6) is 0 Å². The first kappa shape index (κ1) is 15.9. The van der Waals surface area contributed by atoms with Crippen molar-refractivity contribution >= 4 is 21.2 Å². The molecule has 0 unspecified atom stereocenters. The molecule has 0 aliphatic carbocycles. The molecule has 0 atom stereocenters. The maximum absolute atomic E-state index is 12.6. The standard InChI is InChI=1S/C10H10F3N3O3S2/c1-2-7-14-15-8(20-7)5-21(17,18)4-6-3-19-16-9(6)10(11,12)13/h3H,2,4-5H2,1H3. The molecule has 2 rings (SSSR count). The molecular weight excluding hydrogens is 331 g/mol. The van der Waals surface area contributed by atoms with Crippen LogP contribution in [0.4, 0.5) is 13.2 Å². The lowest BCUT2D eigenvalue weighted by Gasteiger charge is -2.05. The van der Waals surface area contributed by atoms with Gasteiger partial charge in [0, 0.05) is 5.56 Å². The van der Waals surface area contributed by atoms with Crippen molar-refractivity contribution < 1.29 is 26.1 Å². The Morgan fingerprint density at radius 2 is 1.90 bits per heavy atom. The molecule has 0 aliphatic heterocycles. The molecular formula is C10H10F3N3O3S2. The van der Waals surface area contributed by atoms with Gasteiger partial charge in [-0.25, -0.2) is 8.42 Å². The Hall–Kier alpha value is -1.49. The van der Waals surface area contributed by atoms with E-state index in [2.05, 4.69) is 19.9 Å². The summed E-state index contributed by atoms with van der Waals surface area (Å²) in [4.78, 5) is 0. The molecule has 0 spiro atoms. The van der Waals surface area contributed by atoms with Gasteiger partial charge in [-0.15, -0.1) is 21.5 Å². The summed E-state index contributed by atoms with van der Waals surface area (Å²) >= 11 is 1.12. The third-order valence-corrected chi connectivity index (χ3v) is 5.16. The normalized spacial score (nSPS) is 12.8. The summed E-state index contributed by atoms with van der Waals surface area (Å²) in [5.74, 6) is -1.28. The molecule has 0 aliphatic rings. The first-order valence-corrected chi connectivity index (χ1v) is 8.37. The fraction of sp³-hybridized carbons (Fsp3) is 0.500. The molecule has 6 nitrogen and oxygen atoms in total. The van der Waals surface area contributed by atoms with Crippen LogP contribution < -0.4 is 0 Å². The molecule has 0 saturated heterocycles. The largest absolute Gasteiger partial charge is 0.437 e. The van der Waals surface area contributed by atoms with Gasteiger partial charge < -0.3 is 4.52 Å². The molecule has 0 radical (unpaired) electrons. The summed E-state index contributed by atoms with van der Waals surface area (Å²) in [5.41, 5.74) is -1.83. The maximum Gasteiger partial charge on any atom is 0.437 e. The van der Waals surface area contributed by atoms with E-state index in [1.54, 1.807) is 0 Å². The average molecular weight is 341 g/mol. The second-order valence-corrected chi connectivity index (χ2v) is 7.37. The monoisotopic (exact) mass is 341 g/mol. The van der Waals surface area contributed by atoms with Crippen molar-refractivity contribution in [3.8, 4) is 0 Å². The maximum atomic E-state index is 12.6. The molecule has 21 heavy (non-hydrogen) atoms. The van der Waals surface area contributed by atoms with E-state index >= 15 is 0 Å². The zero-order valence-corrected chi connectivity index (χ0v) is 12.3. The summed E-state index contributed by atoms with van der Waals surface area (Å²) in [5, 5.41) is 11.2. The Bertz CT molecular complexity index is 721. The van der Waals surface area contributed by atoms with E-state index in [9.17, 15) is 21.6 Å². The van der Waals surface area contributed by atoms with Gasteiger partial charge in [-0.1, -0.05) is 12.1 Å². The molecule has 0 bridgehead atoms. The third-order valence-electron chi connectivity index (χ3n) is 2.44. The molecule has 0 amide bonds. The van der Waals surface area contributed by atoms with Crippen LogP contribution in [0.2, 0.25) is 0 Å². The van der Waals surface area contributed by atoms with Gasteiger partial charge >= 0.3 is 6.18 Å². The van der Waals surface area contributed by atoms with Crippen molar-refractivity contribution in [3.63, 3.8) is 0 Å². The van der Waals surface area contributed by atoms with Crippen LogP contribution in [-0.4, -0.2) is 23.8 Å². The summed E-state index contributed by atoms with van der Waals surface area (Å²) in [7, 11) is -3.83. The van der Waals surface area contributed by atoms with E-state index < -0.39 is 38.8 Å². The zero-order valence-electron chi connectivity index (χ0n) is 10.7. The highest BCUT2D eigenvalue weighted by molar-refractivity contribution is 7.89. The van der Waals surface area contributed by atoms with Gasteiger partial charge in [-0.3, -0.25) is 0 Å². The fourth-order valence-corrected chi connectivity index (χ4v) is 4.13. The Morgan fingerprint density at radius 1 is 1.24 bits per heavy atom. The molecule has 2 aromatic heterocycles. The average Bonchev–Trinajstić information content (AvgIpc) is 2.95. The summed E-state index contributed by atoms with van der Waals surface area (Å²) in [6.45, 7) is 1.84. The van der Waals surface area contributed by atoms with Gasteiger partial charge in [0.15, 0.2) is 15.5 Å². The van der Waals surface area contributed by atoms with Crippen molar-refractivity contribution in [1.82, 2.24) is 15.4 Å². The zero-order chi connectivity index (χ0) is 15.7. The Balaban J connectivity index is 2.16. The SMILES string of the molecule is CCc1nnc(CS(=O)(=O)Cc2conc2C(F)(F)F)s1. The van der Waals surface area contributed by atoms with Gasteiger partial charge in [0.1, 0.15) is 22.0 Å². The van der Waals surface area contributed by atoms with Crippen molar-refractivity contribution in [2.24, 2.45) is 0 Å². The highest BCUT2D eigenvalue weighted by atomic mass is 32.2. The van der Waals surface area contributed by atoms with Crippen LogP contribution in [0.1, 0.15) is 28.2 Å². The lowest BCUT2D eigenvalue weighted by molar-refractivity contribution is -0.143. The molecule has 116 valence electrons. The minimum absolute atomic E-state index is 0.247. The fourth-order valence-electron chi connectivity index (χ4n) is 1.56. The van der Waals surface area contributed by atoms with E-state index in [0.29, 0.717) is 17.7 Å². The Kier molecular flexibility index (Phi) is 4.33. The van der Waals surface area contributed by atoms with Crippen molar-refractivity contribution in [2.75, 3.05) is 0 Å². The van der Waals surface area contributed by atoms with Gasteiger partial charge in [0.05, 0.1) is 5.75 Å². The van der Waals surface area contributed by atoms with Crippen LogP contribution in [0.25, 0.3) is 0 Å². The second kappa shape index (κ2) is 5.72. The van der Waals surface area contributed by atoms with Crippen molar-refractivity contribution in [2.45, 2.75) is 31.0 Å². The van der Waals surface area contributed by atoms with Crippen LogP contribution in [0, 0.1) is 0 Å². The summed E-state index contributed by atoms with van der Waals surface area (Å²) < 4.78 is 65.9. The summed E-state index contributed by atoms with van der Waals surface area (Å²) in [6.07, 6.45) is -3.45. The molecule has 0 saturated carbocycles. The molecule has 2 heterocycles. The number of hydrogen-bond acceptors (Lipinski definition) is 7. The third kappa shape index (κ3) is 4.00. The number of rotatable bonds is 5. The van der Waals surface area contributed by atoms with E-state index in [1.165, 1.54) is 0 Å². The van der Waals surface area contributed by atoms with E-state index in [4.69, 9.17) is 0 Å². The van der Waals surface area contributed by atoms with E-state index in [1.807, 2.05) is 6.92 Å². The Morgan fingerprint density at radius 3 is 2.48 bits per heavy atom. The lowest BCUT2D eigenvalue weighted by atomic mass is 10.3. The quantitative estimate of drug-likeness (QED) is 0.829. The predicted molar refractivity (Wildman–Crippen MR) is 67.1 cm³/mol. The number of aryl methyl sites for hydroxylation is 1. The number of sulfone groups is 1. The predicted octanol–water partition coefficient (Wildman–Crippen LogP) is 2.22. The van der Waals surface area contributed by atoms with Crippen molar-refractivity contribution in [3.05, 3.63) is 27.5 Å². The summed E-state index contributed by atoms with van der Waals surface area (Å²) in [6, 6.07) is 0. The van der Waals surface area contributed by atoms with Gasteiger partial charge in [-0.05, 0) is 6.42 Å². The molecule has 0 N–H and O–H groups in total. The minimum Gasteiger partial charge on any atom is -0.364 e. The number of alkyl halides is 3. The highest BCUT2D eigenvalue weighted by Crippen LogP contribution is 2.31. The number of nitrogens with zero attached hydrogens (tertiary/aromatic N) is 3. The van der Waals surface area contributed by atoms with Crippen LogP contribution in [0.3, 0.4) is 0 Å². The van der Waals surface area contributed by atoms with E-state index in [0.717, 1.165) is 11.3 Å². The van der Waals surface area contributed by atoms with Gasteiger partial charge in [0.25, 0.3) is 0 Å². The molecule has 2 aromatic rings. The molecule has 0 fully saturated rings. The smallest absolute Gasteiger partial charge is 0.364 e. The first-order valence-electron chi connectivity index (χ1n) is 5.73. The van der Waals surface area contributed by atoms with Crippen LogP contribution >= 0.6 is 11.3 Å². The topological polar surface area (TPSA) is 86.0 Å². The van der Waals surface area contributed by atoms with Gasteiger partial charge in [-0.2, -0.15) is 13.2 Å².